The lowest BCUT2D eigenvalue weighted by Crippen LogP contribution is -2.40. The van der Waals surface area contributed by atoms with Crippen molar-refractivity contribution in [1.29, 1.82) is 0 Å². The van der Waals surface area contributed by atoms with Crippen LogP contribution in [0.2, 0.25) is 0 Å². The Morgan fingerprint density at radius 3 is 2.73 bits per heavy atom. The summed E-state index contributed by atoms with van der Waals surface area (Å²) in [7, 11) is 5.16. The number of amides is 1. The van der Waals surface area contributed by atoms with Crippen LogP contribution < -0.4 is 9.47 Å². The quantitative estimate of drug-likeness (QED) is 0.468. The Kier molecular flexibility index (Phi) is 5.50. The smallest absolute Gasteiger partial charge is 0.270 e. The maximum absolute atomic E-state index is 13.0. The second-order valence-corrected chi connectivity index (χ2v) is 8.33. The van der Waals surface area contributed by atoms with E-state index < -0.39 is 0 Å². The monoisotopic (exact) mass is 445 g/mol. The number of piperidine rings is 1. The molecule has 1 fully saturated rings. The van der Waals surface area contributed by atoms with Gasteiger partial charge in [0, 0.05) is 49.6 Å². The van der Waals surface area contributed by atoms with E-state index in [0.717, 1.165) is 42.0 Å². The Morgan fingerprint density at radius 2 is 1.97 bits per heavy atom. The molecular formula is C25H27N5O3. The molecule has 4 heterocycles. The zero-order valence-corrected chi connectivity index (χ0v) is 19.1. The summed E-state index contributed by atoms with van der Waals surface area (Å²) in [6.07, 6.45) is 5.75. The topological polar surface area (TPSA) is 73.9 Å². The van der Waals surface area contributed by atoms with Gasteiger partial charge in [-0.25, -0.2) is 9.50 Å². The Hall–Kier alpha value is -3.81. The Balaban J connectivity index is 1.42. The van der Waals surface area contributed by atoms with Gasteiger partial charge < -0.3 is 18.9 Å². The number of hydrogen-bond acceptors (Lipinski definition) is 5. The highest BCUT2D eigenvalue weighted by Gasteiger charge is 2.29. The van der Waals surface area contributed by atoms with E-state index in [-0.39, 0.29) is 11.8 Å². The highest BCUT2D eigenvalue weighted by molar-refractivity contribution is 5.92. The number of carbonyl (C=O) groups is 1. The van der Waals surface area contributed by atoms with Crippen molar-refractivity contribution in [2.24, 2.45) is 7.05 Å². The Morgan fingerprint density at radius 1 is 1.09 bits per heavy atom. The second-order valence-electron chi connectivity index (χ2n) is 8.33. The van der Waals surface area contributed by atoms with Gasteiger partial charge in [-0.3, -0.25) is 4.79 Å². The molecule has 0 radical (unpaired) electrons. The molecule has 0 bridgehead atoms. The van der Waals surface area contributed by atoms with Crippen molar-refractivity contribution < 1.29 is 14.3 Å². The van der Waals surface area contributed by atoms with E-state index in [2.05, 4.69) is 0 Å². The normalized spacial score (nSPS) is 16.2. The van der Waals surface area contributed by atoms with Gasteiger partial charge in [0.15, 0.2) is 23.0 Å². The molecule has 1 aliphatic heterocycles. The minimum atomic E-state index is 0.0587. The summed E-state index contributed by atoms with van der Waals surface area (Å²) in [6.45, 7) is 1.38. The number of para-hydroxylation sites is 1. The van der Waals surface area contributed by atoms with Gasteiger partial charge in [0.2, 0.25) is 0 Å². The third-order valence-corrected chi connectivity index (χ3v) is 6.30. The third-order valence-electron chi connectivity index (χ3n) is 6.30. The lowest BCUT2D eigenvalue weighted by molar-refractivity contribution is 0.0695. The van der Waals surface area contributed by atoms with E-state index in [4.69, 9.17) is 19.6 Å². The van der Waals surface area contributed by atoms with Crippen molar-refractivity contribution in [2.75, 3.05) is 27.3 Å². The average Bonchev–Trinajstić information content (AvgIpc) is 3.48. The summed E-state index contributed by atoms with van der Waals surface area (Å²) in [6, 6.07) is 13.5. The fourth-order valence-corrected chi connectivity index (χ4v) is 4.56. The number of rotatable bonds is 5. The molecule has 33 heavy (non-hydrogen) atoms. The van der Waals surface area contributed by atoms with Crippen molar-refractivity contribution in [1.82, 2.24) is 24.1 Å². The number of methoxy groups -OCH3 is 2. The van der Waals surface area contributed by atoms with Crippen LogP contribution in [0.25, 0.3) is 16.8 Å². The van der Waals surface area contributed by atoms with Crippen LogP contribution in [0.3, 0.4) is 0 Å². The summed E-state index contributed by atoms with van der Waals surface area (Å²) in [5.74, 6) is 2.30. The number of likely N-dealkylation sites (tertiary alicyclic amines) is 1. The van der Waals surface area contributed by atoms with Crippen LogP contribution in [0, 0.1) is 0 Å². The van der Waals surface area contributed by atoms with Crippen molar-refractivity contribution in [2.45, 2.75) is 18.8 Å². The van der Waals surface area contributed by atoms with Crippen molar-refractivity contribution >= 4 is 11.6 Å². The molecular weight excluding hydrogens is 418 g/mol. The maximum atomic E-state index is 13.0. The van der Waals surface area contributed by atoms with Gasteiger partial charge in [0.25, 0.3) is 5.91 Å². The van der Waals surface area contributed by atoms with E-state index in [0.29, 0.717) is 23.7 Å². The van der Waals surface area contributed by atoms with Crippen LogP contribution in [-0.4, -0.2) is 57.3 Å². The first-order valence-corrected chi connectivity index (χ1v) is 11.1. The molecule has 0 unspecified atom stereocenters. The maximum Gasteiger partial charge on any atom is 0.270 e. The first kappa shape index (κ1) is 21.1. The van der Waals surface area contributed by atoms with Gasteiger partial charge >= 0.3 is 0 Å². The number of aryl methyl sites for hydroxylation is 1. The number of fused-ring (bicyclic) bond motifs is 1. The van der Waals surface area contributed by atoms with E-state index in [9.17, 15) is 4.79 Å². The molecule has 8 nitrogen and oxygen atoms in total. The summed E-state index contributed by atoms with van der Waals surface area (Å²) < 4.78 is 14.7. The Bertz CT molecular complexity index is 1310. The molecule has 1 aliphatic rings. The standard InChI is InChI=1S/C25H27N5O3/c1-28-13-6-9-20(28)25(31)29-14-5-7-18(15-29)24-26-22-12-11-17(16-30(22)27-24)19-8-4-10-21(32-2)23(19)33-3/h4,6,8-13,16,18H,5,7,14-15H2,1-3H3/t18-/m1/s1. The van der Waals surface area contributed by atoms with E-state index >= 15 is 0 Å². The van der Waals surface area contributed by atoms with Crippen LogP contribution >= 0.6 is 0 Å². The molecule has 4 aromatic rings. The largest absolute Gasteiger partial charge is 0.493 e. The molecule has 3 aromatic heterocycles. The summed E-state index contributed by atoms with van der Waals surface area (Å²) in [5.41, 5.74) is 3.36. The lowest BCUT2D eigenvalue weighted by atomic mass is 9.97. The molecule has 0 saturated carbocycles. The molecule has 0 aliphatic carbocycles. The van der Waals surface area contributed by atoms with Crippen molar-refractivity contribution in [3.05, 3.63) is 66.4 Å². The number of aromatic nitrogens is 4. The number of hydrogen-bond donors (Lipinski definition) is 0. The Labute approximate surface area is 192 Å². The lowest BCUT2D eigenvalue weighted by Gasteiger charge is -2.31. The van der Waals surface area contributed by atoms with Crippen LogP contribution in [0.15, 0.2) is 54.9 Å². The first-order chi connectivity index (χ1) is 16.1. The zero-order valence-electron chi connectivity index (χ0n) is 19.1. The highest BCUT2D eigenvalue weighted by Crippen LogP contribution is 2.37. The summed E-state index contributed by atoms with van der Waals surface area (Å²) in [4.78, 5) is 19.7. The predicted octanol–water partition coefficient (Wildman–Crippen LogP) is 3.77. The molecule has 1 amide bonds. The second kappa shape index (κ2) is 8.61. The predicted molar refractivity (Wildman–Crippen MR) is 125 cm³/mol. The third kappa shape index (κ3) is 3.82. The van der Waals surface area contributed by atoms with E-state index in [1.807, 2.05) is 75.9 Å². The summed E-state index contributed by atoms with van der Waals surface area (Å²) >= 11 is 0. The van der Waals surface area contributed by atoms with Crippen LogP contribution in [0.5, 0.6) is 11.5 Å². The van der Waals surface area contributed by atoms with Gasteiger partial charge in [-0.05, 0) is 43.2 Å². The first-order valence-electron chi connectivity index (χ1n) is 11.1. The minimum absolute atomic E-state index is 0.0587. The molecule has 5 rings (SSSR count). The molecule has 0 spiro atoms. The fourth-order valence-electron chi connectivity index (χ4n) is 4.56. The van der Waals surface area contributed by atoms with Crippen LogP contribution in [-0.2, 0) is 7.05 Å². The van der Waals surface area contributed by atoms with Gasteiger partial charge in [-0.15, -0.1) is 0 Å². The van der Waals surface area contributed by atoms with Crippen molar-refractivity contribution in [3.8, 4) is 22.6 Å². The van der Waals surface area contributed by atoms with Gasteiger partial charge in [-0.2, -0.15) is 5.10 Å². The van der Waals surface area contributed by atoms with Gasteiger partial charge in [-0.1, -0.05) is 12.1 Å². The summed E-state index contributed by atoms with van der Waals surface area (Å²) in [5, 5.41) is 4.79. The number of carbonyl (C=O) groups excluding carboxylic acids is 1. The SMILES string of the molecule is COc1cccc(-c2ccc3nc([C@@H]4CCCN(C(=O)c5cccn5C)C4)nn3c2)c1OC. The van der Waals surface area contributed by atoms with Crippen LogP contribution in [0.1, 0.15) is 35.1 Å². The minimum Gasteiger partial charge on any atom is -0.493 e. The number of benzene rings is 1. The number of pyridine rings is 1. The zero-order chi connectivity index (χ0) is 22.9. The van der Waals surface area contributed by atoms with Gasteiger partial charge in [0.1, 0.15) is 5.69 Å². The number of ether oxygens (including phenoxy) is 2. The molecule has 1 atom stereocenters. The number of nitrogens with zero attached hydrogens (tertiary/aromatic N) is 5. The molecule has 1 aromatic carbocycles. The van der Waals surface area contributed by atoms with E-state index in [1.54, 1.807) is 14.2 Å². The average molecular weight is 446 g/mol. The van der Waals surface area contributed by atoms with Gasteiger partial charge in [0.05, 0.1) is 14.2 Å². The molecule has 0 N–H and O–H groups in total. The van der Waals surface area contributed by atoms with Crippen LogP contribution in [0.4, 0.5) is 0 Å². The fraction of sp³-hybridized carbons (Fsp3) is 0.320. The highest BCUT2D eigenvalue weighted by atomic mass is 16.5. The van der Waals surface area contributed by atoms with Crippen molar-refractivity contribution in [3.63, 3.8) is 0 Å². The van der Waals surface area contributed by atoms with E-state index in [1.165, 1.54) is 0 Å². The molecule has 8 heteroatoms. The molecule has 170 valence electrons. The molecule has 1 saturated heterocycles.